The lowest BCUT2D eigenvalue weighted by atomic mass is 9.99. The molecule has 2 aliphatic carbocycles. The van der Waals surface area contributed by atoms with E-state index in [1.165, 1.54) is 44.9 Å². The molecule has 0 saturated heterocycles. The summed E-state index contributed by atoms with van der Waals surface area (Å²) in [4.78, 5) is 0. The van der Waals surface area contributed by atoms with E-state index in [0.29, 0.717) is 0 Å². The zero-order chi connectivity index (χ0) is 8.39. The lowest BCUT2D eigenvalue weighted by molar-refractivity contribution is 0.456. The highest BCUT2D eigenvalue weighted by Crippen LogP contribution is 2.43. The van der Waals surface area contributed by atoms with Gasteiger partial charge in [0.2, 0.25) is 0 Å². The summed E-state index contributed by atoms with van der Waals surface area (Å²) in [7, 11) is 0. The summed E-state index contributed by atoms with van der Waals surface area (Å²) in [5.74, 6) is 3.02. The molecule has 0 aromatic rings. The van der Waals surface area contributed by atoms with Crippen molar-refractivity contribution in [3.8, 4) is 0 Å². The van der Waals surface area contributed by atoms with E-state index in [9.17, 15) is 0 Å². The van der Waals surface area contributed by atoms with Crippen molar-refractivity contribution in [3.05, 3.63) is 0 Å². The molecule has 12 heavy (non-hydrogen) atoms. The van der Waals surface area contributed by atoms with E-state index in [0.717, 1.165) is 24.3 Å². The SMILES string of the molecule is NCC1CC1CCC1CCCC1. The van der Waals surface area contributed by atoms with E-state index >= 15 is 0 Å². The highest BCUT2D eigenvalue weighted by atomic mass is 14.6. The molecule has 1 heteroatoms. The average molecular weight is 167 g/mol. The first kappa shape index (κ1) is 8.55. The van der Waals surface area contributed by atoms with Crippen LogP contribution in [0, 0.1) is 17.8 Å². The number of hydrogen-bond acceptors (Lipinski definition) is 1. The van der Waals surface area contributed by atoms with Crippen molar-refractivity contribution < 1.29 is 0 Å². The van der Waals surface area contributed by atoms with Crippen molar-refractivity contribution >= 4 is 0 Å². The molecule has 0 aromatic carbocycles. The second kappa shape index (κ2) is 3.78. The summed E-state index contributed by atoms with van der Waals surface area (Å²) in [5.41, 5.74) is 5.61. The zero-order valence-electron chi connectivity index (χ0n) is 7.97. The molecule has 2 aliphatic rings. The van der Waals surface area contributed by atoms with Gasteiger partial charge >= 0.3 is 0 Å². The number of rotatable bonds is 4. The molecular formula is C11H21N. The summed E-state index contributed by atoms with van der Waals surface area (Å²) >= 11 is 0. The van der Waals surface area contributed by atoms with Crippen LogP contribution in [0.25, 0.3) is 0 Å². The molecule has 1 nitrogen and oxygen atoms in total. The van der Waals surface area contributed by atoms with Crippen molar-refractivity contribution in [1.82, 2.24) is 0 Å². The third-order valence-corrected chi connectivity index (χ3v) is 3.79. The summed E-state index contributed by atoms with van der Waals surface area (Å²) in [6.07, 6.45) is 10.4. The first-order valence-corrected chi connectivity index (χ1v) is 5.60. The van der Waals surface area contributed by atoms with Gasteiger partial charge in [-0.15, -0.1) is 0 Å². The second-order valence-electron chi connectivity index (χ2n) is 4.72. The second-order valence-corrected chi connectivity index (χ2v) is 4.72. The van der Waals surface area contributed by atoms with Crippen molar-refractivity contribution in [1.29, 1.82) is 0 Å². The van der Waals surface area contributed by atoms with Crippen molar-refractivity contribution in [2.24, 2.45) is 23.5 Å². The standard InChI is InChI=1S/C11H21N/c12-8-11-7-10(11)6-5-9-3-1-2-4-9/h9-11H,1-8,12H2. The molecule has 2 unspecified atom stereocenters. The van der Waals surface area contributed by atoms with Gasteiger partial charge in [-0.3, -0.25) is 0 Å². The Hall–Kier alpha value is -0.0400. The molecule has 0 amide bonds. The molecule has 0 spiro atoms. The minimum Gasteiger partial charge on any atom is -0.330 e. The first-order valence-electron chi connectivity index (χ1n) is 5.60. The molecule has 0 bridgehead atoms. The van der Waals surface area contributed by atoms with Crippen LogP contribution in [0.2, 0.25) is 0 Å². The van der Waals surface area contributed by atoms with Gasteiger partial charge in [-0.25, -0.2) is 0 Å². The van der Waals surface area contributed by atoms with Crippen LogP contribution < -0.4 is 5.73 Å². The Kier molecular flexibility index (Phi) is 2.69. The maximum absolute atomic E-state index is 5.61. The van der Waals surface area contributed by atoms with E-state index in [1.54, 1.807) is 0 Å². The topological polar surface area (TPSA) is 26.0 Å². The van der Waals surface area contributed by atoms with E-state index in [4.69, 9.17) is 5.73 Å². The summed E-state index contributed by atoms with van der Waals surface area (Å²) in [6.45, 7) is 0.940. The molecule has 0 heterocycles. The van der Waals surface area contributed by atoms with Crippen LogP contribution in [0.5, 0.6) is 0 Å². The summed E-state index contributed by atoms with van der Waals surface area (Å²) in [6, 6.07) is 0. The molecule has 2 N–H and O–H groups in total. The smallest absolute Gasteiger partial charge is 0.00461 e. The predicted molar refractivity (Wildman–Crippen MR) is 51.8 cm³/mol. The Bertz CT molecular complexity index is 138. The van der Waals surface area contributed by atoms with Crippen molar-refractivity contribution in [2.75, 3.05) is 6.54 Å². The Morgan fingerprint density at radius 2 is 1.75 bits per heavy atom. The van der Waals surface area contributed by atoms with Crippen LogP contribution in [0.3, 0.4) is 0 Å². The zero-order valence-corrected chi connectivity index (χ0v) is 7.97. The van der Waals surface area contributed by atoms with Gasteiger partial charge in [-0.2, -0.15) is 0 Å². The molecule has 2 rings (SSSR count). The Morgan fingerprint density at radius 3 is 2.33 bits per heavy atom. The number of hydrogen-bond donors (Lipinski definition) is 1. The summed E-state index contributed by atoms with van der Waals surface area (Å²) in [5, 5.41) is 0. The maximum Gasteiger partial charge on any atom is -0.00461 e. The lowest BCUT2D eigenvalue weighted by Crippen LogP contribution is -2.03. The number of nitrogens with two attached hydrogens (primary N) is 1. The fraction of sp³-hybridized carbons (Fsp3) is 1.00. The molecule has 2 atom stereocenters. The highest BCUT2D eigenvalue weighted by Gasteiger charge is 2.35. The van der Waals surface area contributed by atoms with Crippen LogP contribution in [0.15, 0.2) is 0 Å². The van der Waals surface area contributed by atoms with Crippen molar-refractivity contribution in [3.63, 3.8) is 0 Å². The van der Waals surface area contributed by atoms with Gasteiger partial charge in [0.05, 0.1) is 0 Å². The normalized spacial score (nSPS) is 35.8. The fourth-order valence-corrected chi connectivity index (χ4v) is 2.70. The molecule has 0 radical (unpaired) electrons. The van der Waals surface area contributed by atoms with Gasteiger partial charge in [0.25, 0.3) is 0 Å². The van der Waals surface area contributed by atoms with Crippen LogP contribution in [-0.2, 0) is 0 Å². The van der Waals surface area contributed by atoms with Gasteiger partial charge in [-0.05, 0) is 37.1 Å². The van der Waals surface area contributed by atoms with Crippen LogP contribution >= 0.6 is 0 Å². The Labute approximate surface area is 75.7 Å². The minimum atomic E-state index is 0.909. The van der Waals surface area contributed by atoms with E-state index in [-0.39, 0.29) is 0 Å². The first-order chi connectivity index (χ1) is 5.90. The quantitative estimate of drug-likeness (QED) is 0.684. The largest absolute Gasteiger partial charge is 0.330 e. The van der Waals surface area contributed by atoms with Gasteiger partial charge < -0.3 is 5.73 Å². The fourth-order valence-electron chi connectivity index (χ4n) is 2.70. The maximum atomic E-state index is 5.61. The van der Waals surface area contributed by atoms with E-state index in [1.807, 2.05) is 0 Å². The third kappa shape index (κ3) is 2.01. The third-order valence-electron chi connectivity index (χ3n) is 3.79. The average Bonchev–Trinajstić information content (AvgIpc) is 2.67. The van der Waals surface area contributed by atoms with E-state index < -0.39 is 0 Å². The Balaban J connectivity index is 1.57. The molecule has 0 aliphatic heterocycles. The summed E-state index contributed by atoms with van der Waals surface area (Å²) < 4.78 is 0. The minimum absolute atomic E-state index is 0.909. The van der Waals surface area contributed by atoms with Gasteiger partial charge in [0, 0.05) is 0 Å². The predicted octanol–water partition coefficient (Wildman–Crippen LogP) is 2.55. The molecule has 0 aromatic heterocycles. The van der Waals surface area contributed by atoms with Gasteiger partial charge in [0.15, 0.2) is 0 Å². The van der Waals surface area contributed by atoms with Gasteiger partial charge in [-0.1, -0.05) is 32.1 Å². The Morgan fingerprint density at radius 1 is 1.00 bits per heavy atom. The highest BCUT2D eigenvalue weighted by molar-refractivity contribution is 4.87. The van der Waals surface area contributed by atoms with Gasteiger partial charge in [0.1, 0.15) is 0 Å². The molecule has 70 valence electrons. The van der Waals surface area contributed by atoms with E-state index in [2.05, 4.69) is 0 Å². The molecular weight excluding hydrogens is 146 g/mol. The van der Waals surface area contributed by atoms with Crippen LogP contribution in [-0.4, -0.2) is 6.54 Å². The molecule has 2 saturated carbocycles. The van der Waals surface area contributed by atoms with Crippen molar-refractivity contribution in [2.45, 2.75) is 44.9 Å². The molecule has 2 fully saturated rings. The monoisotopic (exact) mass is 167 g/mol. The van der Waals surface area contributed by atoms with Crippen LogP contribution in [0.4, 0.5) is 0 Å². The lowest BCUT2D eigenvalue weighted by Gasteiger charge is -2.07. The van der Waals surface area contributed by atoms with Crippen LogP contribution in [0.1, 0.15) is 44.9 Å².